The van der Waals surface area contributed by atoms with Crippen molar-refractivity contribution < 1.29 is 19.2 Å². The molecule has 3 N–H and O–H groups in total. The third-order valence-electron chi connectivity index (χ3n) is 3.17. The summed E-state index contributed by atoms with van der Waals surface area (Å²) in [5.41, 5.74) is 3.28. The zero-order valence-corrected chi connectivity index (χ0v) is 18.8. The summed E-state index contributed by atoms with van der Waals surface area (Å²) in [5, 5.41) is 0. The van der Waals surface area contributed by atoms with Crippen LogP contribution in [0.1, 0.15) is 52.7 Å². The zero-order valence-electron chi connectivity index (χ0n) is 16.5. The molecule has 2 rings (SSSR count). The number of phosphoric acid groups is 1. The summed E-state index contributed by atoms with van der Waals surface area (Å²) < 4.78 is 8.88. The SMILES string of the molecule is CC(C)(C)c1cc[c-]cc1.CC(C)(C)c1cc[c-]cc1.O=P(O)(O)O.[Mg+2]. The second-order valence-corrected chi connectivity index (χ2v) is 8.62. The smallest absolute Gasteiger partial charge is 0.303 e. The molecule has 6 heteroatoms. The van der Waals surface area contributed by atoms with Crippen molar-refractivity contribution in [1.82, 2.24) is 0 Å². The fourth-order valence-electron chi connectivity index (χ4n) is 1.77. The Kier molecular flexibility index (Phi) is 12.6. The van der Waals surface area contributed by atoms with E-state index in [9.17, 15) is 0 Å². The van der Waals surface area contributed by atoms with Crippen LogP contribution < -0.4 is 0 Å². The molecule has 4 nitrogen and oxygen atoms in total. The van der Waals surface area contributed by atoms with Gasteiger partial charge in [-0.25, -0.2) is 4.57 Å². The molecule has 0 aliphatic rings. The molecule has 0 unspecified atom stereocenters. The molecule has 0 saturated carbocycles. The molecule has 0 atom stereocenters. The Hall–Kier alpha value is -0.684. The van der Waals surface area contributed by atoms with Crippen LogP contribution >= 0.6 is 7.82 Å². The summed E-state index contributed by atoms with van der Waals surface area (Å²) in [6.45, 7) is 13.3. The van der Waals surface area contributed by atoms with E-state index in [1.807, 2.05) is 24.3 Å². The largest absolute Gasteiger partial charge is 2.00 e. The molecule has 0 spiro atoms. The minimum Gasteiger partial charge on any atom is -0.303 e. The van der Waals surface area contributed by atoms with Crippen molar-refractivity contribution in [2.24, 2.45) is 0 Å². The van der Waals surface area contributed by atoms with E-state index in [1.54, 1.807) is 0 Å². The van der Waals surface area contributed by atoms with Gasteiger partial charge >= 0.3 is 30.9 Å². The second kappa shape index (κ2) is 11.9. The van der Waals surface area contributed by atoms with Crippen LogP contribution in [0.5, 0.6) is 0 Å². The molecule has 0 saturated heterocycles. The van der Waals surface area contributed by atoms with E-state index in [4.69, 9.17) is 19.2 Å². The zero-order chi connectivity index (χ0) is 19.7. The average molecular weight is 389 g/mol. The molecule has 2 aromatic rings. The minimum absolute atomic E-state index is 0. The maximum Gasteiger partial charge on any atom is 2.00 e. The van der Waals surface area contributed by atoms with Crippen LogP contribution in [-0.2, 0) is 15.4 Å². The molecular weight excluding hydrogens is 359 g/mol. The topological polar surface area (TPSA) is 77.8 Å². The average Bonchev–Trinajstić information content (AvgIpc) is 2.46. The predicted molar refractivity (Wildman–Crippen MR) is 108 cm³/mol. The Bertz CT molecular complexity index is 583. The van der Waals surface area contributed by atoms with Crippen molar-refractivity contribution in [3.8, 4) is 0 Å². The van der Waals surface area contributed by atoms with Gasteiger partial charge in [-0.05, 0) is 10.8 Å². The van der Waals surface area contributed by atoms with Gasteiger partial charge in [-0.3, -0.25) is 0 Å². The van der Waals surface area contributed by atoms with E-state index in [2.05, 4.69) is 77.9 Å². The Morgan fingerprint density at radius 1 is 0.692 bits per heavy atom. The quantitative estimate of drug-likeness (QED) is 0.358. The van der Waals surface area contributed by atoms with Crippen LogP contribution in [0, 0.1) is 12.1 Å². The second-order valence-electron chi connectivity index (χ2n) is 7.59. The number of hydrogen-bond acceptors (Lipinski definition) is 1. The molecule has 0 aromatic heterocycles. The van der Waals surface area contributed by atoms with E-state index in [0.717, 1.165) is 0 Å². The van der Waals surface area contributed by atoms with Crippen LogP contribution in [0.2, 0.25) is 0 Å². The maximum absolute atomic E-state index is 8.88. The monoisotopic (exact) mass is 388 g/mol. The Morgan fingerprint density at radius 3 is 1.00 bits per heavy atom. The van der Waals surface area contributed by atoms with Gasteiger partial charge in [0.25, 0.3) is 0 Å². The molecule has 26 heavy (non-hydrogen) atoms. The minimum atomic E-state index is -4.64. The first-order chi connectivity index (χ1) is 11.2. The van der Waals surface area contributed by atoms with Gasteiger partial charge < -0.3 is 14.7 Å². The number of rotatable bonds is 0. The first-order valence-corrected chi connectivity index (χ1v) is 9.49. The van der Waals surface area contributed by atoms with Crippen molar-refractivity contribution in [3.63, 3.8) is 0 Å². The molecule has 0 heterocycles. The fourth-order valence-corrected chi connectivity index (χ4v) is 1.77. The standard InChI is InChI=1S/2C10H13.Mg.H3O4P/c2*1-10(2,3)9-7-5-4-6-8-9;;1-5(2,3)4/h2*5-8H,1-3H3;;(H3,1,2,3,4)/q2*-1;+2;. The van der Waals surface area contributed by atoms with Crippen molar-refractivity contribution in [2.75, 3.05) is 0 Å². The van der Waals surface area contributed by atoms with Crippen LogP contribution in [-0.4, -0.2) is 37.7 Å². The Balaban J connectivity index is 0. The summed E-state index contributed by atoms with van der Waals surface area (Å²) in [6.07, 6.45) is 0. The Labute approximate surface area is 174 Å². The molecule has 0 bridgehead atoms. The van der Waals surface area contributed by atoms with Gasteiger partial charge in [0.2, 0.25) is 0 Å². The number of hydrogen-bond donors (Lipinski definition) is 3. The van der Waals surface area contributed by atoms with Gasteiger partial charge in [0, 0.05) is 0 Å². The van der Waals surface area contributed by atoms with Crippen molar-refractivity contribution in [2.45, 2.75) is 52.4 Å². The summed E-state index contributed by atoms with van der Waals surface area (Å²) in [7, 11) is -4.64. The fraction of sp³-hybridized carbons (Fsp3) is 0.400. The van der Waals surface area contributed by atoms with Gasteiger partial charge in [0.15, 0.2) is 0 Å². The van der Waals surface area contributed by atoms with Gasteiger partial charge in [0.05, 0.1) is 0 Å². The van der Waals surface area contributed by atoms with E-state index in [1.165, 1.54) is 11.1 Å². The first-order valence-electron chi connectivity index (χ1n) is 7.93. The van der Waals surface area contributed by atoms with E-state index in [0.29, 0.717) is 0 Å². The maximum atomic E-state index is 8.88. The number of benzene rings is 2. The van der Waals surface area contributed by atoms with Gasteiger partial charge in [-0.1, -0.05) is 41.5 Å². The molecular formula is C20H29MgO4P. The van der Waals surface area contributed by atoms with Crippen molar-refractivity contribution >= 4 is 30.9 Å². The molecule has 0 amide bonds. The third-order valence-corrected chi connectivity index (χ3v) is 3.17. The van der Waals surface area contributed by atoms with Gasteiger partial charge in [0.1, 0.15) is 0 Å². The summed E-state index contributed by atoms with van der Waals surface area (Å²) >= 11 is 0. The van der Waals surface area contributed by atoms with Gasteiger partial charge in [-0.15, -0.1) is 0 Å². The molecule has 140 valence electrons. The molecule has 2 aromatic carbocycles. The molecule has 0 aliphatic heterocycles. The van der Waals surface area contributed by atoms with E-state index >= 15 is 0 Å². The third kappa shape index (κ3) is 15.6. The van der Waals surface area contributed by atoms with Crippen LogP contribution in [0.25, 0.3) is 0 Å². The van der Waals surface area contributed by atoms with Crippen LogP contribution in [0.4, 0.5) is 0 Å². The predicted octanol–water partition coefficient (Wildman–Crippen LogP) is 4.26. The van der Waals surface area contributed by atoms with E-state index < -0.39 is 7.82 Å². The Morgan fingerprint density at radius 2 is 0.885 bits per heavy atom. The van der Waals surface area contributed by atoms with Gasteiger partial charge in [-0.2, -0.15) is 71.8 Å². The molecule has 0 radical (unpaired) electrons. The van der Waals surface area contributed by atoms with E-state index in [-0.39, 0.29) is 33.9 Å². The van der Waals surface area contributed by atoms with Crippen LogP contribution in [0.15, 0.2) is 48.5 Å². The summed E-state index contributed by atoms with van der Waals surface area (Å²) in [5.74, 6) is 0. The van der Waals surface area contributed by atoms with Crippen molar-refractivity contribution in [1.29, 1.82) is 0 Å². The van der Waals surface area contributed by atoms with Crippen LogP contribution in [0.3, 0.4) is 0 Å². The normalized spacial score (nSPS) is 11.1. The summed E-state index contributed by atoms with van der Waals surface area (Å²) in [6, 6.07) is 22.3. The molecule has 0 fully saturated rings. The first kappa shape index (κ1) is 27.5. The summed E-state index contributed by atoms with van der Waals surface area (Å²) in [4.78, 5) is 21.6. The molecule has 0 aliphatic carbocycles. The van der Waals surface area contributed by atoms with Crippen molar-refractivity contribution in [3.05, 3.63) is 71.8 Å².